The maximum Gasteiger partial charge on any atom is 0.262 e. The standard InChI is InChI=1S/C19H21ClN2O3/c1-14-4-2-5-15(12-14)25-13-18(23)21-17-7-3-6-16(20)19(17)22-8-10-24-11-9-22/h2-7,12H,8-11,13H2,1H3,(H,21,23). The van der Waals surface area contributed by atoms with E-state index in [1.165, 1.54) is 0 Å². The summed E-state index contributed by atoms with van der Waals surface area (Å²) < 4.78 is 10.9. The Morgan fingerprint density at radius 2 is 2.00 bits per heavy atom. The van der Waals surface area contributed by atoms with E-state index in [0.717, 1.165) is 24.3 Å². The van der Waals surface area contributed by atoms with Crippen molar-refractivity contribution in [3.8, 4) is 5.75 Å². The average Bonchev–Trinajstić information content (AvgIpc) is 2.61. The number of halogens is 1. The summed E-state index contributed by atoms with van der Waals surface area (Å²) in [6.07, 6.45) is 0. The van der Waals surface area contributed by atoms with E-state index < -0.39 is 0 Å². The Hall–Kier alpha value is -2.24. The molecule has 25 heavy (non-hydrogen) atoms. The van der Waals surface area contributed by atoms with Crippen LogP contribution in [-0.4, -0.2) is 38.8 Å². The second kappa shape index (κ2) is 8.23. The van der Waals surface area contributed by atoms with Gasteiger partial charge in [-0.05, 0) is 36.8 Å². The van der Waals surface area contributed by atoms with Crippen LogP contribution in [-0.2, 0) is 9.53 Å². The van der Waals surface area contributed by atoms with Gasteiger partial charge in [-0.15, -0.1) is 0 Å². The molecule has 2 aromatic carbocycles. The number of morpholine rings is 1. The minimum absolute atomic E-state index is 0.0570. The number of anilines is 2. The normalized spacial score (nSPS) is 14.2. The van der Waals surface area contributed by atoms with E-state index in [2.05, 4.69) is 10.2 Å². The number of nitrogens with one attached hydrogen (secondary N) is 1. The zero-order chi connectivity index (χ0) is 17.6. The minimum atomic E-state index is -0.224. The number of para-hydroxylation sites is 1. The van der Waals surface area contributed by atoms with Gasteiger partial charge in [0.2, 0.25) is 0 Å². The fraction of sp³-hybridized carbons (Fsp3) is 0.316. The molecule has 0 saturated carbocycles. The molecule has 2 aromatic rings. The largest absolute Gasteiger partial charge is 0.484 e. The summed E-state index contributed by atoms with van der Waals surface area (Å²) >= 11 is 6.37. The van der Waals surface area contributed by atoms with Crippen molar-refractivity contribution in [2.45, 2.75) is 6.92 Å². The molecule has 1 aliphatic heterocycles. The van der Waals surface area contributed by atoms with E-state index in [-0.39, 0.29) is 12.5 Å². The molecule has 0 aromatic heterocycles. The lowest BCUT2D eigenvalue weighted by Crippen LogP contribution is -2.37. The van der Waals surface area contributed by atoms with E-state index in [9.17, 15) is 4.79 Å². The molecule has 1 fully saturated rings. The smallest absolute Gasteiger partial charge is 0.262 e. The molecule has 0 atom stereocenters. The van der Waals surface area contributed by atoms with Gasteiger partial charge in [0, 0.05) is 13.1 Å². The Labute approximate surface area is 152 Å². The quantitative estimate of drug-likeness (QED) is 0.886. The molecule has 5 nitrogen and oxygen atoms in total. The molecule has 0 bridgehead atoms. The third-order valence-corrected chi connectivity index (χ3v) is 4.25. The lowest BCUT2D eigenvalue weighted by atomic mass is 10.2. The van der Waals surface area contributed by atoms with Gasteiger partial charge in [0.25, 0.3) is 5.91 Å². The lowest BCUT2D eigenvalue weighted by molar-refractivity contribution is -0.118. The maximum absolute atomic E-state index is 12.3. The van der Waals surface area contributed by atoms with Crippen LogP contribution >= 0.6 is 11.6 Å². The van der Waals surface area contributed by atoms with E-state index >= 15 is 0 Å². The molecular weight excluding hydrogens is 340 g/mol. The van der Waals surface area contributed by atoms with Gasteiger partial charge in [-0.1, -0.05) is 29.8 Å². The van der Waals surface area contributed by atoms with Crippen molar-refractivity contribution in [3.05, 3.63) is 53.1 Å². The lowest BCUT2D eigenvalue weighted by Gasteiger charge is -2.31. The minimum Gasteiger partial charge on any atom is -0.484 e. The number of amides is 1. The van der Waals surface area contributed by atoms with Crippen molar-refractivity contribution in [1.82, 2.24) is 0 Å². The molecule has 1 heterocycles. The van der Waals surface area contributed by atoms with Gasteiger partial charge in [0.1, 0.15) is 5.75 Å². The van der Waals surface area contributed by atoms with Crippen LogP contribution < -0.4 is 15.0 Å². The highest BCUT2D eigenvalue weighted by atomic mass is 35.5. The third kappa shape index (κ3) is 4.65. The number of carbonyl (C=O) groups excluding carboxylic acids is 1. The van der Waals surface area contributed by atoms with E-state index in [1.54, 1.807) is 0 Å². The van der Waals surface area contributed by atoms with Gasteiger partial charge in [-0.2, -0.15) is 0 Å². The average molecular weight is 361 g/mol. The molecule has 1 saturated heterocycles. The highest BCUT2D eigenvalue weighted by molar-refractivity contribution is 6.34. The van der Waals surface area contributed by atoms with Crippen molar-refractivity contribution in [3.63, 3.8) is 0 Å². The summed E-state index contributed by atoms with van der Waals surface area (Å²) in [5.74, 6) is 0.452. The van der Waals surface area contributed by atoms with Gasteiger partial charge in [-0.25, -0.2) is 0 Å². The molecule has 1 N–H and O–H groups in total. The van der Waals surface area contributed by atoms with E-state index in [1.807, 2.05) is 49.4 Å². The zero-order valence-corrected chi connectivity index (χ0v) is 14.9. The fourth-order valence-electron chi connectivity index (χ4n) is 2.76. The molecule has 1 aliphatic rings. The van der Waals surface area contributed by atoms with Crippen molar-refractivity contribution in [2.75, 3.05) is 43.1 Å². The number of benzene rings is 2. The number of hydrogen-bond donors (Lipinski definition) is 1. The predicted octanol–water partition coefficient (Wildman–Crippen LogP) is 3.50. The van der Waals surface area contributed by atoms with Crippen LogP contribution in [0.3, 0.4) is 0 Å². The Balaban J connectivity index is 1.67. The van der Waals surface area contributed by atoms with Gasteiger partial charge >= 0.3 is 0 Å². The van der Waals surface area contributed by atoms with Crippen LogP contribution in [0.25, 0.3) is 0 Å². The van der Waals surface area contributed by atoms with Crippen molar-refractivity contribution in [1.29, 1.82) is 0 Å². The van der Waals surface area contributed by atoms with Gasteiger partial charge in [0.05, 0.1) is 29.6 Å². The van der Waals surface area contributed by atoms with Crippen LogP contribution in [0, 0.1) is 6.92 Å². The third-order valence-electron chi connectivity index (χ3n) is 3.95. The van der Waals surface area contributed by atoms with Gasteiger partial charge in [0.15, 0.2) is 6.61 Å². The number of nitrogens with zero attached hydrogens (tertiary/aromatic N) is 1. The maximum atomic E-state index is 12.3. The highest BCUT2D eigenvalue weighted by Gasteiger charge is 2.19. The molecule has 0 radical (unpaired) electrons. The fourth-order valence-corrected chi connectivity index (χ4v) is 3.06. The Bertz CT molecular complexity index is 745. The Kier molecular flexibility index (Phi) is 5.79. The topological polar surface area (TPSA) is 50.8 Å². The first-order valence-corrected chi connectivity index (χ1v) is 8.62. The molecule has 132 valence electrons. The van der Waals surface area contributed by atoms with Crippen molar-refractivity contribution in [2.24, 2.45) is 0 Å². The number of carbonyl (C=O) groups is 1. The molecule has 3 rings (SSSR count). The first kappa shape index (κ1) is 17.6. The Morgan fingerprint density at radius 3 is 2.76 bits per heavy atom. The van der Waals surface area contributed by atoms with Crippen molar-refractivity contribution < 1.29 is 14.3 Å². The summed E-state index contributed by atoms with van der Waals surface area (Å²) in [7, 11) is 0. The number of aryl methyl sites for hydroxylation is 1. The Morgan fingerprint density at radius 1 is 1.24 bits per heavy atom. The zero-order valence-electron chi connectivity index (χ0n) is 14.1. The molecule has 0 aliphatic carbocycles. The summed E-state index contributed by atoms with van der Waals surface area (Å²) in [6.45, 7) is 4.70. The van der Waals surface area contributed by atoms with Gasteiger partial charge in [-0.3, -0.25) is 4.79 Å². The first-order chi connectivity index (χ1) is 12.1. The first-order valence-electron chi connectivity index (χ1n) is 8.24. The second-order valence-electron chi connectivity index (χ2n) is 5.89. The molecular formula is C19H21ClN2O3. The number of rotatable bonds is 5. The predicted molar refractivity (Wildman–Crippen MR) is 99.8 cm³/mol. The van der Waals surface area contributed by atoms with E-state index in [0.29, 0.717) is 29.7 Å². The van der Waals surface area contributed by atoms with E-state index in [4.69, 9.17) is 21.1 Å². The number of ether oxygens (including phenoxy) is 2. The summed E-state index contributed by atoms with van der Waals surface area (Å²) in [6, 6.07) is 13.1. The molecule has 0 unspecified atom stereocenters. The second-order valence-corrected chi connectivity index (χ2v) is 6.30. The van der Waals surface area contributed by atoms with Crippen molar-refractivity contribution >= 4 is 28.9 Å². The van der Waals surface area contributed by atoms with Crippen LogP contribution in [0.4, 0.5) is 11.4 Å². The van der Waals surface area contributed by atoms with Crippen LogP contribution in [0.1, 0.15) is 5.56 Å². The molecule has 6 heteroatoms. The highest BCUT2D eigenvalue weighted by Crippen LogP contribution is 2.34. The summed E-state index contributed by atoms with van der Waals surface area (Å²) in [5, 5.41) is 3.51. The number of hydrogen-bond acceptors (Lipinski definition) is 4. The van der Waals surface area contributed by atoms with Crippen LogP contribution in [0.2, 0.25) is 5.02 Å². The summed E-state index contributed by atoms with van der Waals surface area (Å²) in [4.78, 5) is 14.4. The van der Waals surface area contributed by atoms with Crippen LogP contribution in [0.15, 0.2) is 42.5 Å². The molecule has 0 spiro atoms. The monoisotopic (exact) mass is 360 g/mol. The summed E-state index contributed by atoms with van der Waals surface area (Å²) in [5.41, 5.74) is 2.60. The SMILES string of the molecule is Cc1cccc(OCC(=O)Nc2cccc(Cl)c2N2CCOCC2)c1. The van der Waals surface area contributed by atoms with Crippen LogP contribution in [0.5, 0.6) is 5.75 Å². The molecule has 1 amide bonds. The van der Waals surface area contributed by atoms with Gasteiger partial charge < -0.3 is 19.7 Å².